The van der Waals surface area contributed by atoms with Crippen LogP contribution in [0.25, 0.3) is 0 Å². The predicted octanol–water partition coefficient (Wildman–Crippen LogP) is 1.59. The van der Waals surface area contributed by atoms with Crippen LogP contribution in [0.2, 0.25) is 5.15 Å². The van der Waals surface area contributed by atoms with Crippen molar-refractivity contribution in [2.45, 2.75) is 20.3 Å². The van der Waals surface area contributed by atoms with E-state index in [1.807, 2.05) is 13.8 Å². The highest BCUT2D eigenvalue weighted by molar-refractivity contribution is 7.91. The van der Waals surface area contributed by atoms with Gasteiger partial charge < -0.3 is 5.32 Å². The van der Waals surface area contributed by atoms with Crippen LogP contribution < -0.4 is 5.32 Å². The molecule has 0 amide bonds. The molecule has 5 nitrogen and oxygen atoms in total. The van der Waals surface area contributed by atoms with Gasteiger partial charge in [0.1, 0.15) is 0 Å². The Hall–Kier alpha value is -0.880. The summed E-state index contributed by atoms with van der Waals surface area (Å²) in [5.74, 6) is 1.40. The van der Waals surface area contributed by atoms with Gasteiger partial charge in [-0.25, -0.2) is 8.42 Å². The van der Waals surface area contributed by atoms with E-state index in [1.165, 1.54) is 0 Å². The van der Waals surface area contributed by atoms with Crippen LogP contribution in [0.4, 0.5) is 5.82 Å². The molecule has 1 aromatic heterocycles. The Kier molecular flexibility index (Phi) is 3.77. The van der Waals surface area contributed by atoms with Gasteiger partial charge in [0.25, 0.3) is 0 Å². The minimum absolute atomic E-state index is 0.159. The highest BCUT2D eigenvalue weighted by Gasteiger charge is 2.27. The summed E-state index contributed by atoms with van der Waals surface area (Å²) >= 11 is 5.87. The Bertz CT molecular complexity index is 560. The van der Waals surface area contributed by atoms with Gasteiger partial charge in [0.05, 0.1) is 11.5 Å². The molecule has 0 radical (unpaired) electrons. The molecule has 1 fully saturated rings. The maximum Gasteiger partial charge on any atom is 0.155 e. The molecule has 1 aliphatic rings. The van der Waals surface area contributed by atoms with E-state index in [4.69, 9.17) is 11.6 Å². The van der Waals surface area contributed by atoms with Crippen molar-refractivity contribution in [2.75, 3.05) is 23.4 Å². The second kappa shape index (κ2) is 5.01. The Balaban J connectivity index is 2.01. The minimum Gasteiger partial charge on any atom is -0.368 e. The van der Waals surface area contributed by atoms with Crippen LogP contribution in [-0.2, 0) is 9.84 Å². The molecule has 1 unspecified atom stereocenters. The first kappa shape index (κ1) is 13.5. The number of anilines is 1. The van der Waals surface area contributed by atoms with Gasteiger partial charge in [-0.3, -0.25) is 0 Å². The topological polar surface area (TPSA) is 72.0 Å². The second-order valence-electron chi connectivity index (χ2n) is 4.74. The lowest BCUT2D eigenvalue weighted by Crippen LogP contribution is -2.17. The highest BCUT2D eigenvalue weighted by Crippen LogP contribution is 2.22. The van der Waals surface area contributed by atoms with E-state index in [2.05, 4.69) is 15.5 Å². The largest absolute Gasteiger partial charge is 0.368 e. The van der Waals surface area contributed by atoms with E-state index in [1.54, 1.807) is 0 Å². The van der Waals surface area contributed by atoms with Gasteiger partial charge >= 0.3 is 0 Å². The molecule has 0 bridgehead atoms. The van der Waals surface area contributed by atoms with Crippen LogP contribution in [0.5, 0.6) is 0 Å². The highest BCUT2D eigenvalue weighted by atomic mass is 35.5. The number of hydrogen-bond donors (Lipinski definition) is 1. The van der Waals surface area contributed by atoms with Gasteiger partial charge in [-0.15, -0.1) is 10.2 Å². The fourth-order valence-corrected chi connectivity index (χ4v) is 4.06. The van der Waals surface area contributed by atoms with Crippen molar-refractivity contribution >= 4 is 27.3 Å². The summed E-state index contributed by atoms with van der Waals surface area (Å²) in [7, 11) is -2.82. The summed E-state index contributed by atoms with van der Waals surface area (Å²) in [4.78, 5) is 0. The van der Waals surface area contributed by atoms with E-state index < -0.39 is 9.84 Å². The first-order valence-electron chi connectivity index (χ1n) is 5.83. The van der Waals surface area contributed by atoms with Crippen molar-refractivity contribution < 1.29 is 8.42 Å². The monoisotopic (exact) mass is 289 g/mol. The smallest absolute Gasteiger partial charge is 0.155 e. The van der Waals surface area contributed by atoms with Gasteiger partial charge in [0.15, 0.2) is 20.8 Å². The lowest BCUT2D eigenvalue weighted by Gasteiger charge is -2.13. The zero-order chi connectivity index (χ0) is 13.3. The van der Waals surface area contributed by atoms with E-state index >= 15 is 0 Å². The lowest BCUT2D eigenvalue weighted by atomic mass is 10.1. The van der Waals surface area contributed by atoms with E-state index in [0.717, 1.165) is 11.1 Å². The zero-order valence-corrected chi connectivity index (χ0v) is 12.0. The summed E-state index contributed by atoms with van der Waals surface area (Å²) in [5.41, 5.74) is 1.85. The average Bonchev–Trinajstić information content (AvgIpc) is 2.65. The molecule has 0 aromatic carbocycles. The minimum atomic E-state index is -2.82. The molecule has 7 heteroatoms. The van der Waals surface area contributed by atoms with Gasteiger partial charge in [0, 0.05) is 6.54 Å². The quantitative estimate of drug-likeness (QED) is 0.915. The molecule has 2 rings (SSSR count). The van der Waals surface area contributed by atoms with Gasteiger partial charge in [-0.05, 0) is 37.3 Å². The van der Waals surface area contributed by atoms with Crippen molar-refractivity contribution in [1.82, 2.24) is 10.2 Å². The third-order valence-corrected chi connectivity index (χ3v) is 5.55. The van der Waals surface area contributed by atoms with Crippen molar-refractivity contribution in [3.8, 4) is 0 Å². The summed E-state index contributed by atoms with van der Waals surface area (Å²) in [6, 6.07) is 0. The average molecular weight is 290 g/mol. The maximum absolute atomic E-state index is 11.3. The van der Waals surface area contributed by atoms with E-state index in [9.17, 15) is 8.42 Å². The summed E-state index contributed by atoms with van der Waals surface area (Å²) in [6.45, 7) is 4.41. The molecule has 0 spiro atoms. The van der Waals surface area contributed by atoms with Crippen LogP contribution in [0.1, 0.15) is 17.5 Å². The molecule has 1 aliphatic heterocycles. The molecule has 1 N–H and O–H groups in total. The number of nitrogens with one attached hydrogen (secondary N) is 1. The van der Waals surface area contributed by atoms with E-state index in [-0.39, 0.29) is 11.7 Å². The van der Waals surface area contributed by atoms with Crippen molar-refractivity contribution in [2.24, 2.45) is 5.92 Å². The fourth-order valence-electron chi connectivity index (χ4n) is 2.02. The summed E-state index contributed by atoms with van der Waals surface area (Å²) in [6.07, 6.45) is 0.717. The standard InChI is InChI=1S/C11H16ClN3O2S/c1-7-8(2)11(15-14-10(7)12)13-5-9-3-4-18(16,17)6-9/h9H,3-6H2,1-2H3,(H,13,15). The molecular weight excluding hydrogens is 274 g/mol. The SMILES string of the molecule is Cc1c(Cl)nnc(NCC2CCS(=O)(=O)C2)c1C. The Morgan fingerprint density at radius 1 is 1.33 bits per heavy atom. The Labute approximate surface area is 112 Å². The van der Waals surface area contributed by atoms with Crippen molar-refractivity contribution in [3.05, 3.63) is 16.3 Å². The number of rotatable bonds is 3. The molecule has 1 saturated heterocycles. The molecule has 0 aliphatic carbocycles. The lowest BCUT2D eigenvalue weighted by molar-refractivity contribution is 0.595. The third kappa shape index (κ3) is 2.92. The van der Waals surface area contributed by atoms with Crippen LogP contribution in [-0.4, -0.2) is 36.7 Å². The van der Waals surface area contributed by atoms with Gasteiger partial charge in [-0.2, -0.15) is 0 Å². The van der Waals surface area contributed by atoms with Crippen molar-refractivity contribution in [3.63, 3.8) is 0 Å². The maximum atomic E-state index is 11.3. The van der Waals surface area contributed by atoms with Gasteiger partial charge in [-0.1, -0.05) is 11.6 Å². The molecule has 18 heavy (non-hydrogen) atoms. The molecular formula is C11H16ClN3O2S. The van der Waals surface area contributed by atoms with Crippen LogP contribution in [0.15, 0.2) is 0 Å². The van der Waals surface area contributed by atoms with E-state index in [0.29, 0.717) is 29.7 Å². The predicted molar refractivity (Wildman–Crippen MR) is 71.8 cm³/mol. The number of halogens is 1. The second-order valence-corrected chi connectivity index (χ2v) is 7.33. The Morgan fingerprint density at radius 2 is 2.06 bits per heavy atom. The first-order chi connectivity index (χ1) is 8.39. The number of hydrogen-bond acceptors (Lipinski definition) is 5. The normalized spacial score (nSPS) is 22.1. The van der Waals surface area contributed by atoms with Crippen LogP contribution in [0, 0.1) is 19.8 Å². The summed E-state index contributed by atoms with van der Waals surface area (Å²) in [5, 5.41) is 11.4. The zero-order valence-electron chi connectivity index (χ0n) is 10.4. The number of aromatic nitrogens is 2. The van der Waals surface area contributed by atoms with Crippen LogP contribution >= 0.6 is 11.6 Å². The molecule has 1 atom stereocenters. The third-order valence-electron chi connectivity index (χ3n) is 3.35. The Morgan fingerprint density at radius 3 is 2.67 bits per heavy atom. The van der Waals surface area contributed by atoms with Crippen LogP contribution in [0.3, 0.4) is 0 Å². The van der Waals surface area contributed by atoms with Crippen molar-refractivity contribution in [1.29, 1.82) is 0 Å². The number of sulfone groups is 1. The molecule has 1 aromatic rings. The molecule has 0 saturated carbocycles. The summed E-state index contributed by atoms with van der Waals surface area (Å²) < 4.78 is 22.7. The molecule has 2 heterocycles. The van der Waals surface area contributed by atoms with Gasteiger partial charge in [0.2, 0.25) is 0 Å². The number of nitrogens with zero attached hydrogens (tertiary/aromatic N) is 2. The molecule has 100 valence electrons. The fraction of sp³-hybridized carbons (Fsp3) is 0.636. The first-order valence-corrected chi connectivity index (χ1v) is 8.02.